The number of piperidine rings is 1. The number of nitrogens with zero attached hydrogens (tertiary/aromatic N) is 1. The Kier molecular flexibility index (Phi) is 3.54. The summed E-state index contributed by atoms with van der Waals surface area (Å²) in [4.78, 5) is 27.7. The van der Waals surface area contributed by atoms with E-state index < -0.39 is 6.09 Å². The monoisotopic (exact) mass is 186 g/mol. The molecule has 2 amide bonds. The van der Waals surface area contributed by atoms with Gasteiger partial charge < -0.3 is 9.74 Å². The Morgan fingerprint density at radius 3 is 2.38 bits per heavy atom. The van der Waals surface area contributed by atoms with Gasteiger partial charge in [0.1, 0.15) is 0 Å². The number of hydrogen-bond donors (Lipinski definition) is 1. The summed E-state index contributed by atoms with van der Waals surface area (Å²) in [6.07, 6.45) is 2.71. The zero-order chi connectivity index (χ0) is 9.68. The van der Waals surface area contributed by atoms with Crippen molar-refractivity contribution >= 4 is 12.0 Å². The quantitative estimate of drug-likeness (QED) is 0.565. The summed E-state index contributed by atoms with van der Waals surface area (Å²) >= 11 is 0. The van der Waals surface area contributed by atoms with E-state index in [0.717, 1.165) is 32.4 Å². The Bertz CT molecular complexity index is 200. The molecule has 1 rings (SSSR count). The molecule has 0 atom stereocenters. The number of nitrogens with one attached hydrogen (secondary N) is 1. The largest absolute Gasteiger partial charge is 0.434 e. The number of hydroxylamine groups is 1. The van der Waals surface area contributed by atoms with E-state index in [0.29, 0.717) is 0 Å². The lowest BCUT2D eigenvalue weighted by molar-refractivity contribution is -0.127. The van der Waals surface area contributed by atoms with Gasteiger partial charge in [-0.2, -0.15) is 5.48 Å². The van der Waals surface area contributed by atoms with Gasteiger partial charge in [-0.1, -0.05) is 0 Å². The van der Waals surface area contributed by atoms with Crippen LogP contribution >= 0.6 is 0 Å². The molecule has 0 radical (unpaired) electrons. The minimum absolute atomic E-state index is 0.370. The highest BCUT2D eigenvalue weighted by Gasteiger charge is 2.17. The van der Waals surface area contributed by atoms with Crippen LogP contribution in [-0.2, 0) is 9.63 Å². The van der Waals surface area contributed by atoms with Gasteiger partial charge in [0.25, 0.3) is 0 Å². The van der Waals surface area contributed by atoms with Crippen LogP contribution in [0.4, 0.5) is 4.79 Å². The molecule has 1 aliphatic heterocycles. The van der Waals surface area contributed by atoms with Crippen molar-refractivity contribution < 1.29 is 14.4 Å². The molecule has 1 aliphatic rings. The second-order valence-corrected chi connectivity index (χ2v) is 3.07. The Hall–Kier alpha value is -1.26. The maximum absolute atomic E-state index is 11.2. The molecule has 1 saturated heterocycles. The van der Waals surface area contributed by atoms with Crippen LogP contribution in [0.15, 0.2) is 0 Å². The highest BCUT2D eigenvalue weighted by atomic mass is 16.7. The van der Waals surface area contributed by atoms with E-state index >= 15 is 0 Å². The van der Waals surface area contributed by atoms with Gasteiger partial charge in [0.05, 0.1) is 0 Å². The van der Waals surface area contributed by atoms with Gasteiger partial charge >= 0.3 is 6.09 Å². The number of amides is 2. The fourth-order valence-electron chi connectivity index (χ4n) is 1.26. The summed E-state index contributed by atoms with van der Waals surface area (Å²) < 4.78 is 0. The van der Waals surface area contributed by atoms with Gasteiger partial charge in [-0.05, 0) is 19.3 Å². The van der Waals surface area contributed by atoms with E-state index in [4.69, 9.17) is 0 Å². The van der Waals surface area contributed by atoms with E-state index in [9.17, 15) is 9.59 Å². The molecule has 1 heterocycles. The first-order valence-corrected chi connectivity index (χ1v) is 4.42. The Morgan fingerprint density at radius 1 is 1.23 bits per heavy atom. The molecule has 0 aromatic rings. The van der Waals surface area contributed by atoms with E-state index in [1.807, 2.05) is 5.48 Å². The van der Waals surface area contributed by atoms with Gasteiger partial charge in [0.15, 0.2) is 0 Å². The zero-order valence-corrected chi connectivity index (χ0v) is 7.71. The highest BCUT2D eigenvalue weighted by Crippen LogP contribution is 2.08. The molecule has 0 unspecified atom stereocenters. The lowest BCUT2D eigenvalue weighted by Gasteiger charge is -2.25. The number of carbonyl (C=O) groups is 2. The SMILES string of the molecule is CC(=O)NOC(=O)N1CCCCC1. The molecule has 0 spiro atoms. The van der Waals surface area contributed by atoms with Gasteiger partial charge in [0, 0.05) is 20.0 Å². The third-order valence-electron chi connectivity index (χ3n) is 1.90. The maximum atomic E-state index is 11.2. The van der Waals surface area contributed by atoms with Crippen molar-refractivity contribution in [2.24, 2.45) is 0 Å². The van der Waals surface area contributed by atoms with Gasteiger partial charge in [-0.3, -0.25) is 4.79 Å². The molecule has 0 bridgehead atoms. The summed E-state index contributed by atoms with van der Waals surface area (Å²) in [6, 6.07) is 0. The normalized spacial score (nSPS) is 16.5. The van der Waals surface area contributed by atoms with Crippen LogP contribution in [0.2, 0.25) is 0 Å². The van der Waals surface area contributed by atoms with Gasteiger partial charge in [-0.25, -0.2) is 4.79 Å². The first-order chi connectivity index (χ1) is 6.20. The molecule has 0 aromatic carbocycles. The first kappa shape index (κ1) is 9.83. The number of likely N-dealkylation sites (tertiary alicyclic amines) is 1. The molecule has 1 N–H and O–H groups in total. The van der Waals surface area contributed by atoms with Crippen LogP contribution in [0, 0.1) is 0 Å². The lowest BCUT2D eigenvalue weighted by Crippen LogP contribution is -2.39. The third kappa shape index (κ3) is 3.31. The zero-order valence-electron chi connectivity index (χ0n) is 7.71. The van der Waals surface area contributed by atoms with Crippen LogP contribution in [0.5, 0.6) is 0 Å². The number of rotatable bonds is 0. The van der Waals surface area contributed by atoms with E-state index in [1.165, 1.54) is 6.92 Å². The molecule has 0 aliphatic carbocycles. The molecule has 1 fully saturated rings. The van der Waals surface area contributed by atoms with Crippen molar-refractivity contribution in [2.45, 2.75) is 26.2 Å². The molecular formula is C8H14N2O3. The van der Waals surface area contributed by atoms with E-state index in [1.54, 1.807) is 4.90 Å². The Labute approximate surface area is 77.0 Å². The Morgan fingerprint density at radius 2 is 1.85 bits per heavy atom. The Balaban J connectivity index is 2.25. The van der Waals surface area contributed by atoms with Gasteiger partial charge in [-0.15, -0.1) is 0 Å². The number of hydrogen-bond acceptors (Lipinski definition) is 3. The van der Waals surface area contributed by atoms with Crippen molar-refractivity contribution in [3.63, 3.8) is 0 Å². The minimum Gasteiger partial charge on any atom is -0.321 e. The van der Waals surface area contributed by atoms with Crippen LogP contribution in [0.3, 0.4) is 0 Å². The second-order valence-electron chi connectivity index (χ2n) is 3.07. The van der Waals surface area contributed by atoms with Crippen LogP contribution in [-0.4, -0.2) is 30.0 Å². The molecule has 13 heavy (non-hydrogen) atoms. The summed E-state index contributed by atoms with van der Waals surface area (Å²) in [7, 11) is 0. The second kappa shape index (κ2) is 4.69. The van der Waals surface area contributed by atoms with Gasteiger partial charge in [0.2, 0.25) is 5.91 Å². The molecule has 0 saturated carbocycles. The topological polar surface area (TPSA) is 58.6 Å². The predicted molar refractivity (Wildman–Crippen MR) is 45.7 cm³/mol. The fraction of sp³-hybridized carbons (Fsp3) is 0.750. The summed E-state index contributed by atoms with van der Waals surface area (Å²) in [5.74, 6) is -0.370. The van der Waals surface area contributed by atoms with Crippen molar-refractivity contribution in [1.82, 2.24) is 10.4 Å². The van der Waals surface area contributed by atoms with Crippen molar-refractivity contribution in [3.05, 3.63) is 0 Å². The molecular weight excluding hydrogens is 172 g/mol. The van der Waals surface area contributed by atoms with Crippen molar-refractivity contribution in [2.75, 3.05) is 13.1 Å². The molecule has 5 nitrogen and oxygen atoms in total. The molecule has 0 aromatic heterocycles. The third-order valence-corrected chi connectivity index (χ3v) is 1.90. The highest BCUT2D eigenvalue weighted by molar-refractivity contribution is 5.75. The smallest absolute Gasteiger partial charge is 0.321 e. The first-order valence-electron chi connectivity index (χ1n) is 4.42. The van der Waals surface area contributed by atoms with Crippen LogP contribution in [0.25, 0.3) is 0 Å². The van der Waals surface area contributed by atoms with Crippen LogP contribution < -0.4 is 5.48 Å². The predicted octanol–water partition coefficient (Wildman–Crippen LogP) is 0.660. The van der Waals surface area contributed by atoms with E-state index in [2.05, 4.69) is 4.84 Å². The standard InChI is InChI=1S/C8H14N2O3/c1-7(11)9-13-8(12)10-5-3-2-4-6-10/h2-6H2,1H3,(H,9,11). The average molecular weight is 186 g/mol. The summed E-state index contributed by atoms with van der Waals surface area (Å²) in [6.45, 7) is 2.74. The van der Waals surface area contributed by atoms with Crippen molar-refractivity contribution in [1.29, 1.82) is 0 Å². The average Bonchev–Trinajstić information content (AvgIpc) is 2.15. The molecule has 74 valence electrons. The van der Waals surface area contributed by atoms with Crippen molar-refractivity contribution in [3.8, 4) is 0 Å². The fourth-order valence-corrected chi connectivity index (χ4v) is 1.26. The lowest BCUT2D eigenvalue weighted by atomic mass is 10.1. The minimum atomic E-state index is -0.463. The van der Waals surface area contributed by atoms with E-state index in [-0.39, 0.29) is 5.91 Å². The molecule has 5 heteroatoms. The summed E-state index contributed by atoms with van der Waals surface area (Å²) in [5, 5.41) is 0. The summed E-state index contributed by atoms with van der Waals surface area (Å²) in [5.41, 5.74) is 2.01. The number of carbonyl (C=O) groups excluding carboxylic acids is 2. The maximum Gasteiger partial charge on any atom is 0.434 e. The van der Waals surface area contributed by atoms with Crippen LogP contribution in [0.1, 0.15) is 26.2 Å².